The van der Waals surface area contributed by atoms with E-state index in [0.29, 0.717) is 11.7 Å². The first-order valence-electron chi connectivity index (χ1n) is 5.58. The number of hydrogen-bond donors (Lipinski definition) is 2. The smallest absolute Gasteiger partial charge is 0.166 e. The van der Waals surface area contributed by atoms with Crippen LogP contribution in [0, 0.1) is 5.82 Å². The molecule has 1 aliphatic heterocycles. The molecule has 0 bridgehead atoms. The normalized spacial score (nSPS) is 21.4. The van der Waals surface area contributed by atoms with Gasteiger partial charge in [-0.25, -0.2) is 4.39 Å². The first-order valence-corrected chi connectivity index (χ1v) is 5.58. The van der Waals surface area contributed by atoms with E-state index in [9.17, 15) is 4.39 Å². The van der Waals surface area contributed by atoms with E-state index in [-0.39, 0.29) is 5.75 Å². The molecule has 1 fully saturated rings. The van der Waals surface area contributed by atoms with Crippen molar-refractivity contribution in [1.29, 1.82) is 0 Å². The maximum absolute atomic E-state index is 13.1. The largest absolute Gasteiger partial charge is 0.505 e. The Balaban J connectivity index is 1.99. The Morgan fingerprint density at radius 2 is 2.19 bits per heavy atom. The van der Waals surface area contributed by atoms with Crippen molar-refractivity contribution in [3.05, 3.63) is 24.0 Å². The number of phenolic OH excluding ortho intramolecular Hbond substituents is 1. The highest BCUT2D eigenvalue weighted by Crippen LogP contribution is 2.21. The molecule has 1 saturated heterocycles. The number of rotatable bonds is 2. The molecule has 1 unspecified atom stereocenters. The lowest BCUT2D eigenvalue weighted by atomic mass is 10.1. The Morgan fingerprint density at radius 1 is 1.31 bits per heavy atom. The molecule has 1 heterocycles. The van der Waals surface area contributed by atoms with E-state index in [1.54, 1.807) is 6.07 Å². The highest BCUT2D eigenvalue weighted by molar-refractivity contribution is 5.47. The van der Waals surface area contributed by atoms with Gasteiger partial charge in [-0.1, -0.05) is 0 Å². The van der Waals surface area contributed by atoms with Gasteiger partial charge in [0.2, 0.25) is 0 Å². The van der Waals surface area contributed by atoms with Crippen molar-refractivity contribution in [2.75, 3.05) is 18.5 Å². The lowest BCUT2D eigenvalue weighted by Crippen LogP contribution is -2.19. The third-order valence-electron chi connectivity index (χ3n) is 2.77. The molecule has 88 valence electrons. The van der Waals surface area contributed by atoms with Crippen LogP contribution in [0.15, 0.2) is 18.2 Å². The van der Waals surface area contributed by atoms with E-state index in [2.05, 4.69) is 5.32 Å². The zero-order valence-electron chi connectivity index (χ0n) is 9.08. The molecule has 3 nitrogen and oxygen atoms in total. The molecule has 1 aromatic rings. The first-order chi connectivity index (χ1) is 7.75. The number of aromatic hydroxyl groups is 1. The SMILES string of the molecule is Oc1ccc(NC2CCCOCC2)cc1F. The Kier molecular flexibility index (Phi) is 3.62. The van der Waals surface area contributed by atoms with Gasteiger partial charge in [-0.3, -0.25) is 0 Å². The molecule has 0 radical (unpaired) electrons. The highest BCUT2D eigenvalue weighted by Gasteiger charge is 2.12. The van der Waals surface area contributed by atoms with Crippen molar-refractivity contribution in [2.24, 2.45) is 0 Å². The van der Waals surface area contributed by atoms with E-state index in [4.69, 9.17) is 9.84 Å². The van der Waals surface area contributed by atoms with E-state index in [1.165, 1.54) is 12.1 Å². The van der Waals surface area contributed by atoms with E-state index >= 15 is 0 Å². The number of ether oxygens (including phenoxy) is 1. The van der Waals surface area contributed by atoms with E-state index in [1.807, 2.05) is 0 Å². The molecule has 0 amide bonds. The number of anilines is 1. The van der Waals surface area contributed by atoms with Gasteiger partial charge in [0.05, 0.1) is 0 Å². The predicted molar refractivity (Wildman–Crippen MR) is 60.1 cm³/mol. The number of halogens is 1. The fourth-order valence-electron chi connectivity index (χ4n) is 1.88. The minimum Gasteiger partial charge on any atom is -0.505 e. The molecular formula is C12H16FNO2. The Labute approximate surface area is 94.2 Å². The van der Waals surface area contributed by atoms with Crippen LogP contribution < -0.4 is 5.32 Å². The van der Waals surface area contributed by atoms with Crippen molar-refractivity contribution < 1.29 is 14.2 Å². The first kappa shape index (κ1) is 11.2. The molecule has 16 heavy (non-hydrogen) atoms. The Morgan fingerprint density at radius 3 is 3.00 bits per heavy atom. The van der Waals surface area contributed by atoms with Crippen LogP contribution >= 0.6 is 0 Å². The van der Waals surface area contributed by atoms with Crippen molar-refractivity contribution in [3.63, 3.8) is 0 Å². The lowest BCUT2D eigenvalue weighted by Gasteiger charge is -2.17. The summed E-state index contributed by atoms with van der Waals surface area (Å²) < 4.78 is 18.5. The minimum atomic E-state index is -0.588. The molecule has 0 spiro atoms. The van der Waals surface area contributed by atoms with E-state index in [0.717, 1.165) is 32.5 Å². The quantitative estimate of drug-likeness (QED) is 0.760. The summed E-state index contributed by atoms with van der Waals surface area (Å²) in [4.78, 5) is 0. The van der Waals surface area contributed by atoms with Gasteiger partial charge in [-0.2, -0.15) is 0 Å². The number of phenols is 1. The van der Waals surface area contributed by atoms with Crippen LogP contribution in [0.5, 0.6) is 5.75 Å². The van der Waals surface area contributed by atoms with Crippen molar-refractivity contribution in [1.82, 2.24) is 0 Å². The second kappa shape index (κ2) is 5.16. The highest BCUT2D eigenvalue weighted by atomic mass is 19.1. The summed E-state index contributed by atoms with van der Waals surface area (Å²) in [6, 6.07) is 4.70. The average molecular weight is 225 g/mol. The lowest BCUT2D eigenvalue weighted by molar-refractivity contribution is 0.144. The van der Waals surface area contributed by atoms with Crippen molar-refractivity contribution >= 4 is 5.69 Å². The maximum Gasteiger partial charge on any atom is 0.166 e. The van der Waals surface area contributed by atoms with Gasteiger partial charge in [0.15, 0.2) is 11.6 Å². The summed E-state index contributed by atoms with van der Waals surface area (Å²) in [5, 5.41) is 12.3. The summed E-state index contributed by atoms with van der Waals surface area (Å²) in [6.45, 7) is 1.56. The van der Waals surface area contributed by atoms with Crippen LogP contribution in [0.25, 0.3) is 0 Å². The Hall–Kier alpha value is -1.29. The molecule has 1 aliphatic rings. The number of benzene rings is 1. The van der Waals surface area contributed by atoms with Crippen molar-refractivity contribution in [2.45, 2.75) is 25.3 Å². The molecule has 0 saturated carbocycles. The second-order valence-corrected chi connectivity index (χ2v) is 4.05. The molecule has 0 aliphatic carbocycles. The summed E-state index contributed by atoms with van der Waals surface area (Å²) in [5.41, 5.74) is 0.710. The second-order valence-electron chi connectivity index (χ2n) is 4.05. The molecule has 0 aromatic heterocycles. The topological polar surface area (TPSA) is 41.5 Å². The minimum absolute atomic E-state index is 0.310. The number of hydrogen-bond acceptors (Lipinski definition) is 3. The van der Waals surface area contributed by atoms with E-state index < -0.39 is 5.82 Å². The van der Waals surface area contributed by atoms with Gasteiger partial charge in [-0.05, 0) is 31.4 Å². The predicted octanol–water partition coefficient (Wildman–Crippen LogP) is 2.51. The fraction of sp³-hybridized carbons (Fsp3) is 0.500. The Bertz CT molecular complexity index is 349. The van der Waals surface area contributed by atoms with Gasteiger partial charge in [0.25, 0.3) is 0 Å². The van der Waals surface area contributed by atoms with Crippen LogP contribution in [0.1, 0.15) is 19.3 Å². The molecular weight excluding hydrogens is 209 g/mol. The van der Waals surface area contributed by atoms with Crippen LogP contribution in [0.4, 0.5) is 10.1 Å². The van der Waals surface area contributed by atoms with Gasteiger partial charge in [0, 0.05) is 31.0 Å². The zero-order valence-corrected chi connectivity index (χ0v) is 9.08. The zero-order chi connectivity index (χ0) is 11.4. The molecule has 1 atom stereocenters. The summed E-state index contributed by atoms with van der Waals surface area (Å²) in [6.07, 6.45) is 2.99. The van der Waals surface area contributed by atoms with Crippen LogP contribution in [0.2, 0.25) is 0 Å². The fourth-order valence-corrected chi connectivity index (χ4v) is 1.88. The molecule has 2 rings (SSSR count). The van der Waals surface area contributed by atoms with Gasteiger partial charge in [0.1, 0.15) is 0 Å². The van der Waals surface area contributed by atoms with Crippen LogP contribution in [-0.2, 0) is 4.74 Å². The summed E-state index contributed by atoms with van der Waals surface area (Å²) in [5.74, 6) is -0.898. The molecule has 1 aromatic carbocycles. The van der Waals surface area contributed by atoms with Crippen molar-refractivity contribution in [3.8, 4) is 5.75 Å². The standard InChI is InChI=1S/C12H16FNO2/c13-11-8-10(3-4-12(11)15)14-9-2-1-6-16-7-5-9/h3-4,8-9,14-15H,1-2,5-7H2. The summed E-state index contributed by atoms with van der Waals surface area (Å²) >= 11 is 0. The average Bonchev–Trinajstić information content (AvgIpc) is 2.52. The van der Waals surface area contributed by atoms with Gasteiger partial charge < -0.3 is 15.2 Å². The maximum atomic E-state index is 13.1. The third kappa shape index (κ3) is 2.85. The van der Waals surface area contributed by atoms with Gasteiger partial charge in [-0.15, -0.1) is 0 Å². The van der Waals surface area contributed by atoms with Crippen LogP contribution in [0.3, 0.4) is 0 Å². The molecule has 2 N–H and O–H groups in total. The number of nitrogens with one attached hydrogen (secondary N) is 1. The monoisotopic (exact) mass is 225 g/mol. The van der Waals surface area contributed by atoms with Crippen LogP contribution in [-0.4, -0.2) is 24.4 Å². The summed E-state index contributed by atoms with van der Waals surface area (Å²) in [7, 11) is 0. The third-order valence-corrected chi connectivity index (χ3v) is 2.77. The molecule has 4 heteroatoms. The van der Waals surface area contributed by atoms with Gasteiger partial charge >= 0.3 is 0 Å².